The first-order valence-electron chi connectivity index (χ1n) is 8.54. The van der Waals surface area contributed by atoms with E-state index >= 15 is 0 Å². The third kappa shape index (κ3) is 6.42. The third-order valence-electron chi connectivity index (χ3n) is 3.79. The summed E-state index contributed by atoms with van der Waals surface area (Å²) in [5.41, 5.74) is 0. The molecule has 1 aromatic carbocycles. The second-order valence-electron chi connectivity index (χ2n) is 6.87. The minimum absolute atomic E-state index is 0.0693. The molecule has 1 aromatic rings. The van der Waals surface area contributed by atoms with Crippen LogP contribution >= 0.6 is 0 Å². The van der Waals surface area contributed by atoms with Crippen molar-refractivity contribution in [3.05, 3.63) is 30.3 Å². The molecule has 7 nitrogen and oxygen atoms in total. The van der Waals surface area contributed by atoms with E-state index in [2.05, 4.69) is 10.0 Å². The summed E-state index contributed by atoms with van der Waals surface area (Å²) < 4.78 is 32.3. The van der Waals surface area contributed by atoms with E-state index in [9.17, 15) is 18.0 Å². The molecule has 0 heterocycles. The number of benzene rings is 1. The standard InChI is InChI=1S/C18H28N2O5S/c1-12(2)11-15(17(21)19-16(13(3)4)18(22)25-5)20-26(23,24)14-9-7-6-8-10-14/h6-10,12-13,15-16,20H,11H2,1-5H3,(H,19,21)/t15-,16-/m0/s1. The number of carbonyl (C=O) groups excluding carboxylic acids is 2. The van der Waals surface area contributed by atoms with E-state index < -0.39 is 34.0 Å². The molecule has 2 N–H and O–H groups in total. The van der Waals surface area contributed by atoms with Crippen LogP contribution in [0.3, 0.4) is 0 Å². The van der Waals surface area contributed by atoms with Gasteiger partial charge in [-0.25, -0.2) is 13.2 Å². The summed E-state index contributed by atoms with van der Waals surface area (Å²) in [4.78, 5) is 24.6. The molecule has 1 rings (SSSR count). The molecular weight excluding hydrogens is 356 g/mol. The lowest BCUT2D eigenvalue weighted by atomic mass is 10.0. The fourth-order valence-corrected chi connectivity index (χ4v) is 3.64. The highest BCUT2D eigenvalue weighted by molar-refractivity contribution is 7.89. The lowest BCUT2D eigenvalue weighted by Crippen LogP contribution is -2.53. The molecule has 26 heavy (non-hydrogen) atoms. The van der Waals surface area contributed by atoms with Crippen LogP contribution in [0, 0.1) is 11.8 Å². The Labute approximate surface area is 155 Å². The number of rotatable bonds is 9. The maximum atomic E-state index is 12.7. The van der Waals surface area contributed by atoms with E-state index in [1.807, 2.05) is 13.8 Å². The van der Waals surface area contributed by atoms with Crippen LogP contribution in [0.4, 0.5) is 0 Å². The van der Waals surface area contributed by atoms with Crippen molar-refractivity contribution in [2.24, 2.45) is 11.8 Å². The Hall–Kier alpha value is -1.93. The maximum Gasteiger partial charge on any atom is 0.328 e. The lowest BCUT2D eigenvalue weighted by molar-refractivity contribution is -0.146. The highest BCUT2D eigenvalue weighted by atomic mass is 32.2. The fraction of sp³-hybridized carbons (Fsp3) is 0.556. The molecule has 0 saturated carbocycles. The molecule has 0 radical (unpaired) electrons. The van der Waals surface area contributed by atoms with Crippen molar-refractivity contribution >= 4 is 21.9 Å². The zero-order valence-electron chi connectivity index (χ0n) is 15.9. The number of sulfonamides is 1. The Morgan fingerprint density at radius 1 is 1.08 bits per heavy atom. The van der Waals surface area contributed by atoms with Gasteiger partial charge in [-0.05, 0) is 30.4 Å². The zero-order chi connectivity index (χ0) is 19.9. The summed E-state index contributed by atoms with van der Waals surface area (Å²) in [6.07, 6.45) is 0.296. The van der Waals surface area contributed by atoms with Crippen LogP contribution in [0.5, 0.6) is 0 Å². The van der Waals surface area contributed by atoms with Crippen LogP contribution in [0.15, 0.2) is 35.2 Å². The lowest BCUT2D eigenvalue weighted by Gasteiger charge is -2.25. The number of amides is 1. The highest BCUT2D eigenvalue weighted by Gasteiger charge is 2.31. The molecule has 1 amide bonds. The van der Waals surface area contributed by atoms with Gasteiger partial charge in [0, 0.05) is 0 Å². The second-order valence-corrected chi connectivity index (χ2v) is 8.58. The molecule has 8 heteroatoms. The van der Waals surface area contributed by atoms with Crippen molar-refractivity contribution < 1.29 is 22.7 Å². The third-order valence-corrected chi connectivity index (χ3v) is 5.28. The van der Waals surface area contributed by atoms with Gasteiger partial charge in [0.2, 0.25) is 15.9 Å². The van der Waals surface area contributed by atoms with Gasteiger partial charge in [0.15, 0.2) is 0 Å². The molecule has 0 aliphatic carbocycles. The van der Waals surface area contributed by atoms with Crippen LogP contribution < -0.4 is 10.0 Å². The van der Waals surface area contributed by atoms with Crippen LogP contribution in [0.2, 0.25) is 0 Å². The molecule has 0 saturated heterocycles. The zero-order valence-corrected chi connectivity index (χ0v) is 16.7. The average Bonchev–Trinajstić information content (AvgIpc) is 2.58. The van der Waals surface area contributed by atoms with Gasteiger partial charge in [0.05, 0.1) is 12.0 Å². The van der Waals surface area contributed by atoms with Gasteiger partial charge < -0.3 is 10.1 Å². The summed E-state index contributed by atoms with van der Waals surface area (Å²) in [6, 6.07) is 6.00. The maximum absolute atomic E-state index is 12.7. The minimum atomic E-state index is -3.86. The number of ether oxygens (including phenoxy) is 1. The average molecular weight is 384 g/mol. The minimum Gasteiger partial charge on any atom is -0.467 e. The fourth-order valence-electron chi connectivity index (χ4n) is 2.41. The summed E-state index contributed by atoms with van der Waals surface area (Å²) in [5, 5.41) is 2.61. The quantitative estimate of drug-likeness (QED) is 0.631. The summed E-state index contributed by atoms with van der Waals surface area (Å²) in [7, 11) is -2.62. The Balaban J connectivity index is 3.02. The second kappa shape index (κ2) is 9.68. The van der Waals surface area contributed by atoms with E-state index in [0.717, 1.165) is 0 Å². The summed E-state index contributed by atoms with van der Waals surface area (Å²) in [6.45, 7) is 7.32. The highest BCUT2D eigenvalue weighted by Crippen LogP contribution is 2.13. The first-order chi connectivity index (χ1) is 12.1. The number of methoxy groups -OCH3 is 1. The first-order valence-corrected chi connectivity index (χ1v) is 10.0. The van der Waals surface area contributed by atoms with Crippen molar-refractivity contribution in [1.82, 2.24) is 10.0 Å². The van der Waals surface area contributed by atoms with Crippen molar-refractivity contribution in [2.45, 2.75) is 51.1 Å². The first kappa shape index (κ1) is 22.1. The number of nitrogens with one attached hydrogen (secondary N) is 2. The van der Waals surface area contributed by atoms with Gasteiger partial charge in [-0.2, -0.15) is 4.72 Å². The van der Waals surface area contributed by atoms with Gasteiger partial charge >= 0.3 is 5.97 Å². The Morgan fingerprint density at radius 2 is 1.65 bits per heavy atom. The number of carbonyl (C=O) groups is 2. The number of hydrogen-bond acceptors (Lipinski definition) is 5. The monoisotopic (exact) mass is 384 g/mol. The molecule has 0 aliphatic heterocycles. The molecule has 0 spiro atoms. The summed E-state index contributed by atoms with van der Waals surface area (Å²) in [5.74, 6) is -1.25. The van der Waals surface area contributed by atoms with E-state index in [4.69, 9.17) is 4.74 Å². The van der Waals surface area contributed by atoms with Crippen molar-refractivity contribution in [1.29, 1.82) is 0 Å². The molecule has 0 fully saturated rings. The molecule has 0 unspecified atom stereocenters. The van der Waals surface area contributed by atoms with E-state index in [1.54, 1.807) is 32.0 Å². The van der Waals surface area contributed by atoms with Gasteiger partial charge in [0.25, 0.3) is 0 Å². The topological polar surface area (TPSA) is 102 Å². The molecular formula is C18H28N2O5S. The van der Waals surface area contributed by atoms with Crippen LogP contribution in [-0.4, -0.2) is 39.5 Å². The molecule has 0 aliphatic rings. The number of hydrogen-bond donors (Lipinski definition) is 2. The van der Waals surface area contributed by atoms with Gasteiger partial charge in [-0.15, -0.1) is 0 Å². The SMILES string of the molecule is COC(=O)[C@@H](NC(=O)[C@H](CC(C)C)NS(=O)(=O)c1ccccc1)C(C)C. The van der Waals surface area contributed by atoms with Crippen molar-refractivity contribution in [3.8, 4) is 0 Å². The van der Waals surface area contributed by atoms with Crippen LogP contribution in [0.25, 0.3) is 0 Å². The molecule has 2 atom stereocenters. The predicted molar refractivity (Wildman–Crippen MR) is 98.8 cm³/mol. The van der Waals surface area contributed by atoms with Crippen molar-refractivity contribution in [3.63, 3.8) is 0 Å². The predicted octanol–water partition coefficient (Wildman–Crippen LogP) is 1.69. The van der Waals surface area contributed by atoms with Gasteiger partial charge in [0.1, 0.15) is 12.1 Å². The Morgan fingerprint density at radius 3 is 2.12 bits per heavy atom. The smallest absolute Gasteiger partial charge is 0.328 e. The Kier molecular flexibility index (Phi) is 8.23. The van der Waals surface area contributed by atoms with E-state index in [0.29, 0.717) is 6.42 Å². The molecule has 146 valence electrons. The van der Waals surface area contributed by atoms with Gasteiger partial charge in [-0.1, -0.05) is 45.9 Å². The number of esters is 1. The van der Waals surface area contributed by atoms with Crippen LogP contribution in [0.1, 0.15) is 34.1 Å². The molecule has 0 aromatic heterocycles. The van der Waals surface area contributed by atoms with Gasteiger partial charge in [-0.3, -0.25) is 4.79 Å². The summed E-state index contributed by atoms with van der Waals surface area (Å²) >= 11 is 0. The normalized spacial score (nSPS) is 14.1. The van der Waals surface area contributed by atoms with Crippen molar-refractivity contribution in [2.75, 3.05) is 7.11 Å². The van der Waals surface area contributed by atoms with E-state index in [1.165, 1.54) is 19.2 Å². The van der Waals surface area contributed by atoms with E-state index in [-0.39, 0.29) is 16.7 Å². The van der Waals surface area contributed by atoms with Crippen LogP contribution in [-0.2, 0) is 24.3 Å². The molecule has 0 bridgehead atoms. The largest absolute Gasteiger partial charge is 0.467 e. The Bertz CT molecular complexity index is 702.